The Kier molecular flexibility index (Phi) is 2.72. The van der Waals surface area contributed by atoms with E-state index in [2.05, 4.69) is 26.0 Å². The summed E-state index contributed by atoms with van der Waals surface area (Å²) >= 11 is 6.24. The molecule has 1 nitrogen and oxygen atoms in total. The standard InChI is InChI=1S/C12H19ClN/c1-3-14(4-2)8-10-6-5-7-12(13)11(10)9-14/h5,7,10H,3-4,6,8-9H2,1-2H3/q+1/t10-/m1/s1. The van der Waals surface area contributed by atoms with Gasteiger partial charge in [0.05, 0.1) is 19.6 Å². The molecule has 0 amide bonds. The molecular formula is C12H19ClN+. The molecule has 0 unspecified atom stereocenters. The molecule has 1 aliphatic carbocycles. The van der Waals surface area contributed by atoms with Gasteiger partial charge in [0, 0.05) is 16.5 Å². The molecule has 1 fully saturated rings. The molecule has 0 N–H and O–H groups in total. The number of halogens is 1. The maximum atomic E-state index is 6.24. The fraction of sp³-hybridized carbons (Fsp3) is 0.667. The van der Waals surface area contributed by atoms with Gasteiger partial charge < -0.3 is 4.48 Å². The number of hydrogen-bond donors (Lipinski definition) is 0. The first kappa shape index (κ1) is 10.3. The van der Waals surface area contributed by atoms with Gasteiger partial charge in [0.2, 0.25) is 0 Å². The van der Waals surface area contributed by atoms with E-state index in [-0.39, 0.29) is 0 Å². The van der Waals surface area contributed by atoms with E-state index < -0.39 is 0 Å². The Morgan fingerprint density at radius 1 is 1.43 bits per heavy atom. The molecule has 0 aromatic heterocycles. The van der Waals surface area contributed by atoms with Crippen molar-refractivity contribution >= 4 is 11.6 Å². The van der Waals surface area contributed by atoms with Crippen LogP contribution in [0.25, 0.3) is 0 Å². The van der Waals surface area contributed by atoms with Crippen LogP contribution in [-0.2, 0) is 0 Å². The normalized spacial score (nSPS) is 29.5. The highest BCUT2D eigenvalue weighted by molar-refractivity contribution is 6.31. The van der Waals surface area contributed by atoms with E-state index >= 15 is 0 Å². The predicted molar refractivity (Wildman–Crippen MR) is 61.2 cm³/mol. The summed E-state index contributed by atoms with van der Waals surface area (Å²) in [4.78, 5) is 0. The van der Waals surface area contributed by atoms with Gasteiger partial charge in [0.25, 0.3) is 0 Å². The van der Waals surface area contributed by atoms with Crippen LogP contribution in [-0.4, -0.2) is 30.7 Å². The third kappa shape index (κ3) is 1.53. The van der Waals surface area contributed by atoms with Gasteiger partial charge in [-0.3, -0.25) is 0 Å². The zero-order chi connectivity index (χ0) is 10.2. The van der Waals surface area contributed by atoms with E-state index in [9.17, 15) is 0 Å². The van der Waals surface area contributed by atoms with Crippen LogP contribution < -0.4 is 0 Å². The molecule has 1 heterocycles. The van der Waals surface area contributed by atoms with Crippen molar-refractivity contribution in [3.63, 3.8) is 0 Å². The number of quaternary nitrogens is 1. The van der Waals surface area contributed by atoms with Gasteiger partial charge in [0.15, 0.2) is 0 Å². The molecule has 78 valence electrons. The molecule has 2 aliphatic rings. The molecule has 1 atom stereocenters. The highest BCUT2D eigenvalue weighted by Gasteiger charge is 2.40. The zero-order valence-electron chi connectivity index (χ0n) is 9.09. The lowest BCUT2D eigenvalue weighted by Gasteiger charge is -2.31. The summed E-state index contributed by atoms with van der Waals surface area (Å²) in [5.74, 6) is 0.729. The second kappa shape index (κ2) is 3.71. The summed E-state index contributed by atoms with van der Waals surface area (Å²) in [7, 11) is 0. The van der Waals surface area contributed by atoms with Crippen LogP contribution in [0.5, 0.6) is 0 Å². The van der Waals surface area contributed by atoms with Gasteiger partial charge >= 0.3 is 0 Å². The molecular weight excluding hydrogens is 194 g/mol. The number of likely N-dealkylation sites (N-methyl/N-ethyl adjacent to an activating group) is 1. The summed E-state index contributed by atoms with van der Waals surface area (Å²) in [5, 5.41) is 1.02. The van der Waals surface area contributed by atoms with Crippen molar-refractivity contribution in [2.24, 2.45) is 5.92 Å². The molecule has 2 heteroatoms. The highest BCUT2D eigenvalue weighted by atomic mass is 35.5. The van der Waals surface area contributed by atoms with Crippen LogP contribution >= 0.6 is 11.6 Å². The van der Waals surface area contributed by atoms with Crippen molar-refractivity contribution in [3.05, 3.63) is 22.8 Å². The van der Waals surface area contributed by atoms with Gasteiger partial charge in [0.1, 0.15) is 6.54 Å². The minimum Gasteiger partial charge on any atom is -0.320 e. The molecule has 0 aromatic rings. The van der Waals surface area contributed by atoms with Crippen LogP contribution in [0.4, 0.5) is 0 Å². The van der Waals surface area contributed by atoms with Gasteiger partial charge in [-0.25, -0.2) is 0 Å². The van der Waals surface area contributed by atoms with E-state index in [1.165, 1.54) is 42.7 Å². The molecule has 14 heavy (non-hydrogen) atoms. The summed E-state index contributed by atoms with van der Waals surface area (Å²) in [6.45, 7) is 9.54. The number of allylic oxidation sites excluding steroid dienone is 3. The van der Waals surface area contributed by atoms with Crippen molar-refractivity contribution in [2.45, 2.75) is 20.3 Å². The number of nitrogens with zero attached hydrogens (tertiary/aromatic N) is 1. The minimum absolute atomic E-state index is 0.729. The van der Waals surface area contributed by atoms with Crippen molar-refractivity contribution in [1.82, 2.24) is 0 Å². The number of likely N-dealkylation sites (tertiary alicyclic amines) is 1. The molecule has 2 rings (SSSR count). The molecule has 0 saturated carbocycles. The molecule has 0 bridgehead atoms. The van der Waals surface area contributed by atoms with E-state index in [4.69, 9.17) is 11.6 Å². The van der Waals surface area contributed by atoms with E-state index in [0.29, 0.717) is 0 Å². The molecule has 0 spiro atoms. The highest BCUT2D eigenvalue weighted by Crippen LogP contribution is 2.37. The van der Waals surface area contributed by atoms with Crippen LogP contribution in [0, 0.1) is 5.92 Å². The van der Waals surface area contributed by atoms with Crippen molar-refractivity contribution in [2.75, 3.05) is 26.2 Å². The Balaban J connectivity index is 2.25. The lowest BCUT2D eigenvalue weighted by Crippen LogP contribution is -2.45. The second-order valence-corrected chi connectivity index (χ2v) is 4.93. The molecule has 0 radical (unpaired) electrons. The first-order chi connectivity index (χ1) is 6.71. The summed E-state index contributed by atoms with van der Waals surface area (Å²) < 4.78 is 1.23. The maximum absolute atomic E-state index is 6.24. The van der Waals surface area contributed by atoms with Crippen LogP contribution in [0.1, 0.15) is 20.3 Å². The monoisotopic (exact) mass is 212 g/mol. The van der Waals surface area contributed by atoms with Crippen molar-refractivity contribution < 1.29 is 4.48 Å². The quantitative estimate of drug-likeness (QED) is 0.618. The number of rotatable bonds is 2. The smallest absolute Gasteiger partial charge is 0.103 e. The van der Waals surface area contributed by atoms with Gasteiger partial charge in [-0.1, -0.05) is 17.7 Å². The topological polar surface area (TPSA) is 0 Å². The van der Waals surface area contributed by atoms with E-state index in [1.807, 2.05) is 0 Å². The number of fused-ring (bicyclic) bond motifs is 1. The van der Waals surface area contributed by atoms with Crippen LogP contribution in [0.2, 0.25) is 0 Å². The van der Waals surface area contributed by atoms with Crippen molar-refractivity contribution in [3.8, 4) is 0 Å². The predicted octanol–water partition coefficient (Wildman–Crippen LogP) is 2.93. The lowest BCUT2D eigenvalue weighted by atomic mass is 9.95. The first-order valence-electron chi connectivity index (χ1n) is 5.61. The fourth-order valence-electron chi connectivity index (χ4n) is 2.77. The Hall–Kier alpha value is -0.270. The lowest BCUT2D eigenvalue weighted by molar-refractivity contribution is -0.912. The molecule has 0 aromatic carbocycles. The van der Waals surface area contributed by atoms with E-state index in [0.717, 1.165) is 11.0 Å². The Morgan fingerprint density at radius 3 is 2.71 bits per heavy atom. The minimum atomic E-state index is 0.729. The Bertz CT molecular complexity index is 287. The first-order valence-corrected chi connectivity index (χ1v) is 5.99. The third-order valence-electron chi connectivity index (χ3n) is 3.94. The second-order valence-electron chi connectivity index (χ2n) is 4.52. The summed E-state index contributed by atoms with van der Waals surface area (Å²) in [6.07, 6.45) is 5.51. The SMILES string of the molecule is CC[N+]1(CC)CC2=C(Cl)C=CC[C@@H]2C1. The van der Waals surface area contributed by atoms with Gasteiger partial charge in [-0.05, 0) is 26.3 Å². The third-order valence-corrected chi connectivity index (χ3v) is 4.31. The summed E-state index contributed by atoms with van der Waals surface area (Å²) in [6, 6.07) is 0. The van der Waals surface area contributed by atoms with Crippen LogP contribution in [0.3, 0.4) is 0 Å². The number of hydrogen-bond acceptors (Lipinski definition) is 0. The van der Waals surface area contributed by atoms with Gasteiger partial charge in [-0.2, -0.15) is 0 Å². The Morgan fingerprint density at radius 2 is 2.14 bits per heavy atom. The average molecular weight is 213 g/mol. The molecule has 1 saturated heterocycles. The van der Waals surface area contributed by atoms with Crippen molar-refractivity contribution in [1.29, 1.82) is 0 Å². The van der Waals surface area contributed by atoms with E-state index in [1.54, 1.807) is 0 Å². The average Bonchev–Trinajstić information content (AvgIpc) is 2.59. The van der Waals surface area contributed by atoms with Crippen LogP contribution in [0.15, 0.2) is 22.8 Å². The largest absolute Gasteiger partial charge is 0.320 e. The van der Waals surface area contributed by atoms with Gasteiger partial charge in [-0.15, -0.1) is 0 Å². The zero-order valence-corrected chi connectivity index (χ0v) is 9.85. The Labute approximate surface area is 91.6 Å². The fourth-order valence-corrected chi connectivity index (χ4v) is 3.07. The molecule has 1 aliphatic heterocycles. The maximum Gasteiger partial charge on any atom is 0.103 e. The summed E-state index contributed by atoms with van der Waals surface area (Å²) in [5.41, 5.74) is 1.51.